The highest BCUT2D eigenvalue weighted by atomic mass is 35.5. The summed E-state index contributed by atoms with van der Waals surface area (Å²) in [6.45, 7) is 11.1. The molecular formula is C29H37ClN5O3+. The number of amides is 2. The van der Waals surface area contributed by atoms with Crippen LogP contribution >= 0.6 is 11.6 Å². The Kier molecular flexibility index (Phi) is 7.91. The van der Waals surface area contributed by atoms with E-state index in [2.05, 4.69) is 42.2 Å². The molecule has 2 fully saturated rings. The van der Waals surface area contributed by atoms with E-state index in [1.54, 1.807) is 4.90 Å². The largest absolute Gasteiger partial charge is 0.444 e. The standard InChI is InChI=1S/C29H36ClN5O3/c1-20-17-26(27(32)36)35(19-20,16-11-31)25-18-22(7-10-24(25)30)21-5-8-23(9-6-21)33-12-14-34(15-13-33)28(37)38-29(2,3)4/h5-10,18,20,26H,12-17,19H2,1-4H3,(H-,32,36)/p+1/t20?,26-,35?/m0/s1. The minimum Gasteiger partial charge on any atom is -0.444 e. The van der Waals surface area contributed by atoms with Crippen LogP contribution in [0.3, 0.4) is 0 Å². The van der Waals surface area contributed by atoms with E-state index in [4.69, 9.17) is 22.1 Å². The van der Waals surface area contributed by atoms with Crippen LogP contribution in [0.25, 0.3) is 11.1 Å². The van der Waals surface area contributed by atoms with Gasteiger partial charge < -0.3 is 20.3 Å². The fourth-order valence-electron chi connectivity index (χ4n) is 5.72. The summed E-state index contributed by atoms with van der Waals surface area (Å²) in [6, 6.07) is 15.9. The fraction of sp³-hybridized carbons (Fsp3) is 0.483. The van der Waals surface area contributed by atoms with Gasteiger partial charge in [0.1, 0.15) is 16.7 Å². The molecule has 4 rings (SSSR count). The number of benzene rings is 2. The minimum atomic E-state index is -0.504. The summed E-state index contributed by atoms with van der Waals surface area (Å²) in [5.74, 6) is -0.155. The molecule has 2 aromatic rings. The van der Waals surface area contributed by atoms with Gasteiger partial charge in [-0.2, -0.15) is 5.26 Å². The third-order valence-corrected chi connectivity index (χ3v) is 7.78. The van der Waals surface area contributed by atoms with Crippen LogP contribution < -0.4 is 15.1 Å². The van der Waals surface area contributed by atoms with Gasteiger partial charge in [-0.25, -0.2) is 4.79 Å². The molecule has 2 aromatic carbocycles. The molecule has 2 aliphatic rings. The van der Waals surface area contributed by atoms with Gasteiger partial charge in [0.2, 0.25) is 0 Å². The van der Waals surface area contributed by atoms with Crippen LogP contribution in [0, 0.1) is 17.2 Å². The second-order valence-electron chi connectivity index (χ2n) is 11.5. The van der Waals surface area contributed by atoms with E-state index in [1.807, 2.05) is 39.0 Å². The zero-order chi connectivity index (χ0) is 27.7. The molecule has 2 aliphatic heterocycles. The van der Waals surface area contributed by atoms with Gasteiger partial charge in [0.25, 0.3) is 5.91 Å². The number of nitrogens with zero attached hydrogens (tertiary/aromatic N) is 4. The van der Waals surface area contributed by atoms with Crippen LogP contribution in [0.4, 0.5) is 16.2 Å². The SMILES string of the molecule is CC1C[C@@H](C(N)=O)[N+](CC#N)(c2cc(-c3ccc(N4CCN(C(=O)OC(C)(C)C)CC4)cc3)ccc2Cl)C1. The van der Waals surface area contributed by atoms with Crippen molar-refractivity contribution in [2.45, 2.75) is 45.8 Å². The summed E-state index contributed by atoms with van der Waals surface area (Å²) in [4.78, 5) is 28.8. The van der Waals surface area contributed by atoms with E-state index in [1.165, 1.54) is 0 Å². The molecule has 38 heavy (non-hydrogen) atoms. The van der Waals surface area contributed by atoms with Gasteiger partial charge in [-0.1, -0.05) is 36.7 Å². The summed E-state index contributed by atoms with van der Waals surface area (Å²) < 4.78 is 5.67. The van der Waals surface area contributed by atoms with E-state index in [0.29, 0.717) is 31.1 Å². The quantitative estimate of drug-likeness (QED) is 0.436. The van der Waals surface area contributed by atoms with Crippen LogP contribution in [-0.4, -0.2) is 67.8 Å². The molecule has 0 saturated carbocycles. The third-order valence-electron chi connectivity index (χ3n) is 7.46. The van der Waals surface area contributed by atoms with Crippen molar-refractivity contribution in [1.82, 2.24) is 9.38 Å². The van der Waals surface area contributed by atoms with Crippen LogP contribution in [-0.2, 0) is 9.53 Å². The van der Waals surface area contributed by atoms with Crippen molar-refractivity contribution >= 4 is 35.0 Å². The molecule has 0 aliphatic carbocycles. The molecule has 2 amide bonds. The van der Waals surface area contributed by atoms with Crippen LogP contribution in [0.5, 0.6) is 0 Å². The first-order valence-corrected chi connectivity index (χ1v) is 13.5. The first kappa shape index (κ1) is 27.7. The van der Waals surface area contributed by atoms with Gasteiger partial charge in [-0.15, -0.1) is 0 Å². The maximum Gasteiger partial charge on any atom is 0.410 e. The van der Waals surface area contributed by atoms with Crippen molar-refractivity contribution in [3.63, 3.8) is 0 Å². The predicted molar refractivity (Wildman–Crippen MR) is 151 cm³/mol. The van der Waals surface area contributed by atoms with Crippen molar-refractivity contribution < 1.29 is 14.3 Å². The lowest BCUT2D eigenvalue weighted by Crippen LogP contribution is -2.58. The Morgan fingerprint density at radius 1 is 1.11 bits per heavy atom. The lowest BCUT2D eigenvalue weighted by Gasteiger charge is -2.37. The summed E-state index contributed by atoms with van der Waals surface area (Å²) in [7, 11) is 0. The number of carbonyl (C=O) groups is 2. The van der Waals surface area contributed by atoms with Gasteiger partial charge in [0.15, 0.2) is 18.3 Å². The molecule has 8 nitrogen and oxygen atoms in total. The third kappa shape index (κ3) is 5.74. The maximum absolute atomic E-state index is 12.4. The van der Waals surface area contributed by atoms with Crippen molar-refractivity contribution in [3.05, 3.63) is 47.5 Å². The Bertz CT molecular complexity index is 1230. The van der Waals surface area contributed by atoms with Crippen LogP contribution in [0.2, 0.25) is 5.02 Å². The maximum atomic E-state index is 12.4. The molecular weight excluding hydrogens is 502 g/mol. The van der Waals surface area contributed by atoms with Crippen LogP contribution in [0.1, 0.15) is 34.1 Å². The van der Waals surface area contributed by atoms with Crippen molar-refractivity contribution in [2.75, 3.05) is 44.2 Å². The number of primary amides is 1. The Morgan fingerprint density at radius 2 is 1.74 bits per heavy atom. The number of ether oxygens (including phenoxy) is 1. The Labute approximate surface area is 230 Å². The molecule has 9 heteroatoms. The number of hydrogen-bond acceptors (Lipinski definition) is 5. The zero-order valence-electron chi connectivity index (χ0n) is 22.6. The number of nitriles is 1. The molecule has 2 heterocycles. The molecule has 2 N–H and O–H groups in total. The molecule has 2 saturated heterocycles. The van der Waals surface area contributed by atoms with E-state index in [0.717, 1.165) is 35.6 Å². The Hall–Kier alpha value is -3.28. The highest BCUT2D eigenvalue weighted by molar-refractivity contribution is 6.33. The monoisotopic (exact) mass is 538 g/mol. The van der Waals surface area contributed by atoms with E-state index < -0.39 is 17.6 Å². The molecule has 0 aromatic heterocycles. The molecule has 0 bridgehead atoms. The molecule has 0 radical (unpaired) electrons. The minimum absolute atomic E-state index is 0.134. The normalized spacial score (nSPS) is 23.7. The van der Waals surface area contributed by atoms with Gasteiger partial charge in [-0.05, 0) is 50.1 Å². The molecule has 3 atom stereocenters. The Balaban J connectivity index is 1.53. The second kappa shape index (κ2) is 10.8. The number of piperazine rings is 1. The fourth-order valence-corrected chi connectivity index (χ4v) is 6.01. The number of nitrogens with two attached hydrogens (primary N) is 1. The number of quaternary nitrogens is 1. The lowest BCUT2D eigenvalue weighted by molar-refractivity contribution is -0.121. The van der Waals surface area contributed by atoms with Crippen LogP contribution in [0.15, 0.2) is 42.5 Å². The van der Waals surface area contributed by atoms with E-state index in [-0.39, 0.29) is 23.0 Å². The predicted octanol–water partition coefficient (Wildman–Crippen LogP) is 4.79. The number of carbonyl (C=O) groups excluding carboxylic acids is 2. The average Bonchev–Trinajstić information content (AvgIpc) is 3.21. The highest BCUT2D eigenvalue weighted by Crippen LogP contribution is 2.43. The summed E-state index contributed by atoms with van der Waals surface area (Å²) >= 11 is 6.68. The average molecular weight is 539 g/mol. The van der Waals surface area contributed by atoms with Gasteiger partial charge in [-0.3, -0.25) is 9.28 Å². The number of rotatable bonds is 5. The molecule has 0 spiro atoms. The van der Waals surface area contributed by atoms with Crippen molar-refractivity contribution in [3.8, 4) is 17.2 Å². The van der Waals surface area contributed by atoms with E-state index in [9.17, 15) is 14.9 Å². The number of likely N-dealkylation sites (tertiary alicyclic amines) is 1. The zero-order valence-corrected chi connectivity index (χ0v) is 23.4. The number of anilines is 1. The van der Waals surface area contributed by atoms with Gasteiger partial charge in [0.05, 0.1) is 6.54 Å². The van der Waals surface area contributed by atoms with Gasteiger partial charge >= 0.3 is 6.09 Å². The lowest BCUT2D eigenvalue weighted by atomic mass is 10.0. The summed E-state index contributed by atoms with van der Waals surface area (Å²) in [5.41, 5.74) is 9.12. The molecule has 202 valence electrons. The smallest absolute Gasteiger partial charge is 0.410 e. The van der Waals surface area contributed by atoms with Gasteiger partial charge in [0, 0.05) is 50.3 Å². The number of hydrogen-bond donors (Lipinski definition) is 1. The second-order valence-corrected chi connectivity index (χ2v) is 11.9. The first-order valence-electron chi connectivity index (χ1n) is 13.1. The summed E-state index contributed by atoms with van der Waals surface area (Å²) in [5, 5.41) is 10.2. The van der Waals surface area contributed by atoms with Crippen molar-refractivity contribution in [1.29, 1.82) is 5.26 Å². The summed E-state index contributed by atoms with van der Waals surface area (Å²) in [6.07, 6.45) is 0.363. The molecule has 2 unspecified atom stereocenters. The number of halogens is 1. The Morgan fingerprint density at radius 3 is 2.32 bits per heavy atom. The van der Waals surface area contributed by atoms with E-state index >= 15 is 0 Å². The van der Waals surface area contributed by atoms with Crippen molar-refractivity contribution in [2.24, 2.45) is 11.7 Å². The first-order chi connectivity index (χ1) is 17.9. The topological polar surface area (TPSA) is 99.7 Å². The highest BCUT2D eigenvalue weighted by Gasteiger charge is 2.51.